The van der Waals surface area contributed by atoms with E-state index in [1.807, 2.05) is 54.6 Å². The molecule has 0 fully saturated rings. The Kier molecular flexibility index (Phi) is 4.09. The molecule has 1 aromatic heterocycles. The number of fused-ring (bicyclic) bond motifs is 1. The van der Waals surface area contributed by atoms with Crippen LogP contribution in [0.2, 0.25) is 0 Å². The molecule has 0 spiro atoms. The van der Waals surface area contributed by atoms with Crippen LogP contribution in [0.25, 0.3) is 22.9 Å². The van der Waals surface area contributed by atoms with Gasteiger partial charge >= 0.3 is 0 Å². The Morgan fingerprint density at radius 1 is 0.640 bits per heavy atom. The van der Waals surface area contributed by atoms with Gasteiger partial charge in [-0.05, 0) is 35.4 Å². The minimum absolute atomic E-state index is 0.847. The second-order valence-corrected chi connectivity index (χ2v) is 5.85. The summed E-state index contributed by atoms with van der Waals surface area (Å²) in [5, 5.41) is 2.23. The summed E-state index contributed by atoms with van der Waals surface area (Å²) in [6, 6.07) is 26.4. The first-order valence-corrected chi connectivity index (χ1v) is 8.23. The SMILES string of the molecule is COc1ccc(/C=c2\o/c(=C\c3ccccc3)c3ccccc23)cc1. The number of hydrogen-bond acceptors (Lipinski definition) is 2. The molecule has 4 rings (SSSR count). The fourth-order valence-electron chi connectivity index (χ4n) is 2.91. The topological polar surface area (TPSA) is 22.4 Å². The van der Waals surface area contributed by atoms with Crippen molar-refractivity contribution < 1.29 is 9.15 Å². The van der Waals surface area contributed by atoms with Crippen LogP contribution >= 0.6 is 0 Å². The standard InChI is InChI=1S/C23H18O2/c1-24-19-13-11-18(12-14-19)16-23-21-10-6-5-9-20(21)22(25-23)15-17-7-3-2-4-8-17/h2-16H,1H3/b22-15-,23-16-. The van der Waals surface area contributed by atoms with Crippen LogP contribution in [0, 0.1) is 0 Å². The Morgan fingerprint density at radius 3 is 1.72 bits per heavy atom. The fourth-order valence-corrected chi connectivity index (χ4v) is 2.91. The van der Waals surface area contributed by atoms with Gasteiger partial charge in [0.15, 0.2) is 0 Å². The summed E-state index contributed by atoms with van der Waals surface area (Å²) in [4.78, 5) is 0. The molecule has 0 saturated heterocycles. The Morgan fingerprint density at radius 2 is 1.16 bits per heavy atom. The third-order valence-corrected chi connectivity index (χ3v) is 4.19. The zero-order valence-corrected chi connectivity index (χ0v) is 14.0. The lowest BCUT2D eigenvalue weighted by atomic mass is 10.1. The molecule has 2 nitrogen and oxygen atoms in total. The maximum absolute atomic E-state index is 6.19. The van der Waals surface area contributed by atoms with Gasteiger partial charge in [-0.2, -0.15) is 0 Å². The zero-order chi connectivity index (χ0) is 17.1. The molecule has 0 aliphatic heterocycles. The van der Waals surface area contributed by atoms with E-state index >= 15 is 0 Å². The highest BCUT2D eigenvalue weighted by Crippen LogP contribution is 2.13. The lowest BCUT2D eigenvalue weighted by molar-refractivity contribution is 0.415. The monoisotopic (exact) mass is 326 g/mol. The van der Waals surface area contributed by atoms with Crippen molar-refractivity contribution in [3.05, 3.63) is 101 Å². The van der Waals surface area contributed by atoms with Gasteiger partial charge in [-0.25, -0.2) is 0 Å². The van der Waals surface area contributed by atoms with Gasteiger partial charge in [0.25, 0.3) is 0 Å². The van der Waals surface area contributed by atoms with E-state index in [1.165, 1.54) is 0 Å². The van der Waals surface area contributed by atoms with Gasteiger partial charge in [0.2, 0.25) is 0 Å². The molecule has 1 heterocycles. The van der Waals surface area contributed by atoms with Crippen molar-refractivity contribution in [3.63, 3.8) is 0 Å². The Hall–Kier alpha value is -3.26. The summed E-state index contributed by atoms with van der Waals surface area (Å²) in [5.74, 6) is 0.847. The molecule has 4 aromatic rings. The van der Waals surface area contributed by atoms with E-state index in [4.69, 9.17) is 9.15 Å². The smallest absolute Gasteiger partial charge is 0.136 e. The number of benzene rings is 3. The largest absolute Gasteiger partial charge is 0.497 e. The van der Waals surface area contributed by atoms with Crippen LogP contribution in [-0.2, 0) is 0 Å². The summed E-state index contributed by atoms with van der Waals surface area (Å²) < 4.78 is 11.4. The van der Waals surface area contributed by atoms with Crippen molar-refractivity contribution in [3.8, 4) is 5.75 Å². The second-order valence-electron chi connectivity index (χ2n) is 5.85. The quantitative estimate of drug-likeness (QED) is 0.565. The fraction of sp³-hybridized carbons (Fsp3) is 0.0435. The molecule has 2 heteroatoms. The minimum Gasteiger partial charge on any atom is -0.497 e. The summed E-state index contributed by atoms with van der Waals surface area (Å²) in [7, 11) is 1.67. The molecule has 0 saturated carbocycles. The van der Waals surface area contributed by atoms with E-state index in [1.54, 1.807) is 7.11 Å². The average molecular weight is 326 g/mol. The molecule has 0 atom stereocenters. The van der Waals surface area contributed by atoms with Gasteiger partial charge in [0, 0.05) is 10.8 Å². The zero-order valence-electron chi connectivity index (χ0n) is 14.0. The summed E-state index contributed by atoms with van der Waals surface area (Å²) >= 11 is 0. The van der Waals surface area contributed by atoms with Crippen LogP contribution < -0.4 is 15.6 Å². The molecule has 25 heavy (non-hydrogen) atoms. The predicted octanol–water partition coefficient (Wildman–Crippen LogP) is 4.10. The van der Waals surface area contributed by atoms with E-state index < -0.39 is 0 Å². The molecule has 0 radical (unpaired) electrons. The Balaban J connectivity index is 1.90. The lowest BCUT2D eigenvalue weighted by Gasteiger charge is -1.98. The average Bonchev–Trinajstić information content (AvgIpc) is 3.01. The lowest BCUT2D eigenvalue weighted by Crippen LogP contribution is -2.00. The van der Waals surface area contributed by atoms with Gasteiger partial charge < -0.3 is 9.15 Å². The van der Waals surface area contributed by atoms with Crippen LogP contribution in [0.3, 0.4) is 0 Å². The third kappa shape index (κ3) is 3.20. The highest BCUT2D eigenvalue weighted by atomic mass is 16.5. The Bertz CT molecular complexity index is 1100. The number of rotatable bonds is 3. The first-order chi connectivity index (χ1) is 12.3. The number of ether oxygens (including phenoxy) is 1. The van der Waals surface area contributed by atoms with Gasteiger partial charge in [-0.3, -0.25) is 0 Å². The highest BCUT2D eigenvalue weighted by molar-refractivity contribution is 5.84. The first-order valence-electron chi connectivity index (χ1n) is 8.23. The van der Waals surface area contributed by atoms with E-state index in [9.17, 15) is 0 Å². The van der Waals surface area contributed by atoms with E-state index in [0.717, 1.165) is 38.5 Å². The van der Waals surface area contributed by atoms with Crippen molar-refractivity contribution in [2.45, 2.75) is 0 Å². The number of furan rings is 1. The second kappa shape index (κ2) is 6.70. The third-order valence-electron chi connectivity index (χ3n) is 4.19. The van der Waals surface area contributed by atoms with Gasteiger partial charge in [-0.1, -0.05) is 66.7 Å². The molecule has 122 valence electrons. The van der Waals surface area contributed by atoms with Gasteiger partial charge in [-0.15, -0.1) is 0 Å². The molecular weight excluding hydrogens is 308 g/mol. The van der Waals surface area contributed by atoms with Crippen LogP contribution in [0.4, 0.5) is 0 Å². The van der Waals surface area contributed by atoms with Crippen molar-refractivity contribution >= 4 is 22.9 Å². The molecule has 0 unspecified atom stereocenters. The Labute approximate surface area is 146 Å². The van der Waals surface area contributed by atoms with E-state index in [2.05, 4.69) is 36.4 Å². The van der Waals surface area contributed by atoms with Crippen molar-refractivity contribution in [1.82, 2.24) is 0 Å². The highest BCUT2D eigenvalue weighted by Gasteiger charge is 2.03. The number of hydrogen-bond donors (Lipinski definition) is 0. The van der Waals surface area contributed by atoms with Crippen LogP contribution in [0.5, 0.6) is 5.75 Å². The maximum Gasteiger partial charge on any atom is 0.136 e. The molecule has 0 amide bonds. The first kappa shape index (κ1) is 15.3. The van der Waals surface area contributed by atoms with E-state index in [0.29, 0.717) is 0 Å². The van der Waals surface area contributed by atoms with Gasteiger partial charge in [0.05, 0.1) is 7.11 Å². The predicted molar refractivity (Wildman–Crippen MR) is 102 cm³/mol. The van der Waals surface area contributed by atoms with Crippen LogP contribution in [0.1, 0.15) is 11.1 Å². The molecule has 0 bridgehead atoms. The van der Waals surface area contributed by atoms with E-state index in [-0.39, 0.29) is 0 Å². The molecule has 0 aliphatic carbocycles. The van der Waals surface area contributed by atoms with Crippen molar-refractivity contribution in [1.29, 1.82) is 0 Å². The van der Waals surface area contributed by atoms with Crippen LogP contribution in [-0.4, -0.2) is 7.11 Å². The maximum atomic E-state index is 6.19. The van der Waals surface area contributed by atoms with Crippen molar-refractivity contribution in [2.24, 2.45) is 0 Å². The molecule has 0 N–H and O–H groups in total. The summed E-state index contributed by atoms with van der Waals surface area (Å²) in [6.45, 7) is 0. The summed E-state index contributed by atoms with van der Waals surface area (Å²) in [5.41, 5.74) is 3.94. The molecule has 0 aliphatic rings. The normalized spacial score (nSPS) is 12.7. The van der Waals surface area contributed by atoms with Crippen molar-refractivity contribution in [2.75, 3.05) is 7.11 Å². The summed E-state index contributed by atoms with van der Waals surface area (Å²) in [6.07, 6.45) is 4.14. The molecule has 3 aromatic carbocycles. The molecular formula is C23H18O2. The number of methoxy groups -OCH3 is 1. The van der Waals surface area contributed by atoms with Crippen LogP contribution in [0.15, 0.2) is 83.3 Å². The van der Waals surface area contributed by atoms with Gasteiger partial charge in [0.1, 0.15) is 16.6 Å². The minimum atomic E-state index is 0.847.